The molecular formula is C13H12BrFN4. The molecule has 0 bridgehead atoms. The number of rotatable bonds is 3. The second kappa shape index (κ2) is 5.07. The maximum atomic E-state index is 13.7. The van der Waals surface area contributed by atoms with E-state index in [0.717, 1.165) is 15.8 Å². The Balaban J connectivity index is 1.71. The summed E-state index contributed by atoms with van der Waals surface area (Å²) >= 11 is 3.23. The van der Waals surface area contributed by atoms with E-state index in [1.54, 1.807) is 12.1 Å². The fourth-order valence-electron chi connectivity index (χ4n) is 1.92. The Labute approximate surface area is 118 Å². The highest BCUT2D eigenvalue weighted by atomic mass is 79.9. The van der Waals surface area contributed by atoms with Crippen LogP contribution in [0.5, 0.6) is 0 Å². The zero-order valence-electron chi connectivity index (χ0n) is 9.95. The zero-order valence-corrected chi connectivity index (χ0v) is 11.5. The molecule has 0 fully saturated rings. The lowest BCUT2D eigenvalue weighted by Crippen LogP contribution is -2.39. The summed E-state index contributed by atoms with van der Waals surface area (Å²) in [7, 11) is 0. The third-order valence-electron chi connectivity index (χ3n) is 2.88. The van der Waals surface area contributed by atoms with Crippen molar-refractivity contribution in [2.45, 2.75) is 0 Å². The van der Waals surface area contributed by atoms with E-state index < -0.39 is 0 Å². The van der Waals surface area contributed by atoms with Gasteiger partial charge in [-0.1, -0.05) is 28.1 Å². The molecular weight excluding hydrogens is 311 g/mol. The predicted octanol–water partition coefficient (Wildman–Crippen LogP) is 3.31. The van der Waals surface area contributed by atoms with Gasteiger partial charge in [0.25, 0.3) is 0 Å². The molecule has 0 saturated carbocycles. The number of nitrogens with zero attached hydrogens (tertiary/aromatic N) is 1. The van der Waals surface area contributed by atoms with Gasteiger partial charge in [0.2, 0.25) is 0 Å². The minimum atomic E-state index is -0.283. The Bertz CT molecular complexity index is 605. The van der Waals surface area contributed by atoms with E-state index in [-0.39, 0.29) is 5.82 Å². The third-order valence-corrected chi connectivity index (χ3v) is 3.37. The fourth-order valence-corrected chi connectivity index (χ4v) is 2.26. The molecule has 0 saturated heterocycles. The minimum absolute atomic E-state index is 0.283. The maximum Gasteiger partial charge on any atom is 0.147 e. The number of para-hydroxylation sites is 2. The van der Waals surface area contributed by atoms with Crippen molar-refractivity contribution >= 4 is 33.0 Å². The van der Waals surface area contributed by atoms with Crippen LogP contribution in [0.15, 0.2) is 46.9 Å². The molecule has 1 heterocycles. The summed E-state index contributed by atoms with van der Waals surface area (Å²) in [6.45, 7) is 0.447. The van der Waals surface area contributed by atoms with E-state index in [1.807, 2.05) is 29.3 Å². The summed E-state index contributed by atoms with van der Waals surface area (Å²) in [5.74, 6) is -0.283. The van der Waals surface area contributed by atoms with Crippen molar-refractivity contribution < 1.29 is 4.39 Å². The number of hydrogen-bond acceptors (Lipinski definition) is 4. The van der Waals surface area contributed by atoms with Crippen LogP contribution in [0, 0.1) is 5.82 Å². The highest BCUT2D eigenvalue weighted by Gasteiger charge is 2.17. The van der Waals surface area contributed by atoms with Gasteiger partial charge in [-0.3, -0.25) is 5.01 Å². The first-order valence-electron chi connectivity index (χ1n) is 5.81. The number of benzene rings is 2. The molecule has 2 aromatic carbocycles. The molecule has 0 radical (unpaired) electrons. The van der Waals surface area contributed by atoms with Crippen LogP contribution in [0.3, 0.4) is 0 Å². The third kappa shape index (κ3) is 2.50. The van der Waals surface area contributed by atoms with Crippen molar-refractivity contribution in [3.63, 3.8) is 0 Å². The summed E-state index contributed by atoms with van der Waals surface area (Å²) in [6.07, 6.45) is 0. The van der Waals surface area contributed by atoms with Gasteiger partial charge in [0, 0.05) is 4.47 Å². The Morgan fingerprint density at radius 3 is 2.89 bits per heavy atom. The number of hydrazine groups is 2. The van der Waals surface area contributed by atoms with Gasteiger partial charge >= 0.3 is 0 Å². The van der Waals surface area contributed by atoms with Gasteiger partial charge in [0.05, 0.1) is 17.1 Å². The number of nitrogens with one attached hydrogen (secondary N) is 3. The highest BCUT2D eigenvalue weighted by Crippen LogP contribution is 2.28. The van der Waals surface area contributed by atoms with Gasteiger partial charge in [0.1, 0.15) is 12.5 Å². The Kier molecular flexibility index (Phi) is 3.27. The molecule has 19 heavy (non-hydrogen) atoms. The Morgan fingerprint density at radius 1 is 1.21 bits per heavy atom. The smallest absolute Gasteiger partial charge is 0.147 e. The van der Waals surface area contributed by atoms with Gasteiger partial charge in [-0.25, -0.2) is 4.39 Å². The van der Waals surface area contributed by atoms with E-state index in [4.69, 9.17) is 0 Å². The molecule has 2 aromatic rings. The van der Waals surface area contributed by atoms with Crippen molar-refractivity contribution in [2.75, 3.05) is 22.4 Å². The van der Waals surface area contributed by atoms with Gasteiger partial charge < -0.3 is 10.7 Å². The normalized spacial score (nSPS) is 13.1. The summed E-state index contributed by atoms with van der Waals surface area (Å²) in [4.78, 5) is 0. The van der Waals surface area contributed by atoms with Crippen molar-refractivity contribution in [3.8, 4) is 0 Å². The number of anilines is 3. The number of halogens is 2. The SMILES string of the molecule is Fc1cc(Br)ccc1NCN1NNc2ccccc21. The fraction of sp³-hybridized carbons (Fsp3) is 0.0769. The Morgan fingerprint density at radius 2 is 2.05 bits per heavy atom. The molecule has 0 spiro atoms. The van der Waals surface area contributed by atoms with Crippen molar-refractivity contribution in [3.05, 3.63) is 52.8 Å². The van der Waals surface area contributed by atoms with Crippen molar-refractivity contribution in [1.29, 1.82) is 0 Å². The lowest BCUT2D eigenvalue weighted by molar-refractivity contribution is 0.627. The molecule has 0 unspecified atom stereocenters. The van der Waals surface area contributed by atoms with Crippen LogP contribution >= 0.6 is 15.9 Å². The highest BCUT2D eigenvalue weighted by molar-refractivity contribution is 9.10. The van der Waals surface area contributed by atoms with Gasteiger partial charge in [-0.15, -0.1) is 5.53 Å². The first kappa shape index (κ1) is 12.3. The molecule has 0 aliphatic carbocycles. The molecule has 98 valence electrons. The van der Waals surface area contributed by atoms with Gasteiger partial charge in [-0.05, 0) is 30.3 Å². The molecule has 0 aromatic heterocycles. The average Bonchev–Trinajstić information content (AvgIpc) is 2.81. The van der Waals surface area contributed by atoms with Crippen LogP contribution < -0.4 is 21.3 Å². The quantitative estimate of drug-likeness (QED) is 0.810. The van der Waals surface area contributed by atoms with Crippen LogP contribution in [-0.2, 0) is 0 Å². The summed E-state index contributed by atoms with van der Waals surface area (Å²) in [5.41, 5.74) is 8.55. The second-order valence-corrected chi connectivity index (χ2v) is 5.06. The van der Waals surface area contributed by atoms with Crippen molar-refractivity contribution in [2.24, 2.45) is 0 Å². The lowest BCUT2D eigenvalue weighted by atomic mass is 10.3. The van der Waals surface area contributed by atoms with E-state index in [9.17, 15) is 4.39 Å². The molecule has 3 rings (SSSR count). The largest absolute Gasteiger partial charge is 0.364 e. The minimum Gasteiger partial charge on any atom is -0.364 e. The zero-order chi connectivity index (χ0) is 13.2. The number of fused-ring (bicyclic) bond motifs is 1. The molecule has 0 atom stereocenters. The maximum absolute atomic E-state index is 13.7. The monoisotopic (exact) mass is 322 g/mol. The van der Waals surface area contributed by atoms with Crippen LogP contribution in [-0.4, -0.2) is 6.67 Å². The predicted molar refractivity (Wildman–Crippen MR) is 78.3 cm³/mol. The van der Waals surface area contributed by atoms with Crippen molar-refractivity contribution in [1.82, 2.24) is 5.53 Å². The summed E-state index contributed by atoms with van der Waals surface area (Å²) < 4.78 is 14.4. The van der Waals surface area contributed by atoms with E-state index in [0.29, 0.717) is 12.4 Å². The molecule has 6 heteroatoms. The van der Waals surface area contributed by atoms with Crippen LogP contribution in [0.1, 0.15) is 0 Å². The van der Waals surface area contributed by atoms with Crippen LogP contribution in [0.25, 0.3) is 0 Å². The second-order valence-electron chi connectivity index (χ2n) is 4.14. The molecule has 4 nitrogen and oxygen atoms in total. The average molecular weight is 323 g/mol. The molecule has 0 amide bonds. The first-order chi connectivity index (χ1) is 9.24. The molecule has 1 aliphatic rings. The first-order valence-corrected chi connectivity index (χ1v) is 6.60. The standard InChI is InChI=1S/C13H12BrFN4/c14-9-5-6-11(10(15)7-9)16-8-19-13-4-2-1-3-12(13)17-18-19/h1-7,16-18H,8H2. The van der Waals surface area contributed by atoms with Crippen LogP contribution in [0.2, 0.25) is 0 Å². The Hall–Kier alpha value is -1.79. The topological polar surface area (TPSA) is 39.3 Å². The lowest BCUT2D eigenvalue weighted by Gasteiger charge is -2.19. The van der Waals surface area contributed by atoms with Gasteiger partial charge in [-0.2, -0.15) is 0 Å². The molecule has 1 aliphatic heterocycles. The summed E-state index contributed by atoms with van der Waals surface area (Å²) in [6, 6.07) is 12.8. The summed E-state index contributed by atoms with van der Waals surface area (Å²) in [5, 5.41) is 4.92. The van der Waals surface area contributed by atoms with Gasteiger partial charge in [0.15, 0.2) is 0 Å². The number of hydrogen-bond donors (Lipinski definition) is 3. The van der Waals surface area contributed by atoms with Crippen LogP contribution in [0.4, 0.5) is 21.5 Å². The van der Waals surface area contributed by atoms with E-state index in [1.165, 1.54) is 6.07 Å². The van der Waals surface area contributed by atoms with E-state index in [2.05, 4.69) is 32.2 Å². The van der Waals surface area contributed by atoms with E-state index >= 15 is 0 Å². The molecule has 3 N–H and O–H groups in total.